The average molecular weight is 289 g/mol. The molecule has 21 heavy (non-hydrogen) atoms. The molecular formula is C18H31N3. The molecule has 3 nitrogen and oxygen atoms in total. The Hall–Kier alpha value is -0.900. The summed E-state index contributed by atoms with van der Waals surface area (Å²) in [5.74, 6) is 0. The Labute approximate surface area is 130 Å². The summed E-state index contributed by atoms with van der Waals surface area (Å²) in [6.07, 6.45) is 0. The summed E-state index contributed by atoms with van der Waals surface area (Å²) in [5.41, 5.74) is 5.71. The van der Waals surface area contributed by atoms with Gasteiger partial charge in [0, 0.05) is 38.8 Å². The van der Waals surface area contributed by atoms with Crippen LogP contribution in [0.25, 0.3) is 0 Å². The molecule has 1 heterocycles. The minimum Gasteiger partial charge on any atom is -0.309 e. The normalized spacial score (nSPS) is 18.9. The Morgan fingerprint density at radius 1 is 1.05 bits per heavy atom. The molecule has 3 heteroatoms. The van der Waals surface area contributed by atoms with Crippen LogP contribution in [0.15, 0.2) is 12.1 Å². The van der Waals surface area contributed by atoms with Crippen LogP contribution in [0.1, 0.15) is 35.2 Å². The number of piperazine rings is 1. The lowest BCUT2D eigenvalue weighted by molar-refractivity contribution is 0.142. The maximum absolute atomic E-state index is 3.70. The molecule has 0 bridgehead atoms. The van der Waals surface area contributed by atoms with Gasteiger partial charge in [-0.1, -0.05) is 24.6 Å². The Balaban J connectivity index is 2.15. The first-order valence-corrected chi connectivity index (χ1v) is 8.23. The monoisotopic (exact) mass is 289 g/mol. The van der Waals surface area contributed by atoms with E-state index in [4.69, 9.17) is 0 Å². The van der Waals surface area contributed by atoms with Crippen LogP contribution in [-0.4, -0.2) is 56.1 Å². The zero-order chi connectivity index (χ0) is 15.4. The van der Waals surface area contributed by atoms with Gasteiger partial charge in [0.2, 0.25) is 0 Å². The highest BCUT2D eigenvalue weighted by Gasteiger charge is 2.21. The van der Waals surface area contributed by atoms with Crippen molar-refractivity contribution in [1.29, 1.82) is 0 Å². The molecule has 2 rings (SSSR count). The van der Waals surface area contributed by atoms with Gasteiger partial charge in [-0.3, -0.25) is 4.90 Å². The lowest BCUT2D eigenvalue weighted by Gasteiger charge is -2.35. The summed E-state index contributed by atoms with van der Waals surface area (Å²) in [6.45, 7) is 15.8. The third-order valence-corrected chi connectivity index (χ3v) is 4.57. The van der Waals surface area contributed by atoms with Crippen LogP contribution < -0.4 is 5.32 Å². The number of hydrogen-bond acceptors (Lipinski definition) is 3. The van der Waals surface area contributed by atoms with Crippen molar-refractivity contribution in [2.24, 2.45) is 0 Å². The van der Waals surface area contributed by atoms with E-state index in [1.807, 2.05) is 0 Å². The van der Waals surface area contributed by atoms with Crippen LogP contribution in [0, 0.1) is 20.8 Å². The molecule has 0 radical (unpaired) electrons. The molecule has 1 N–H and O–H groups in total. The molecule has 1 unspecified atom stereocenters. The van der Waals surface area contributed by atoms with Crippen molar-refractivity contribution >= 4 is 0 Å². The predicted molar refractivity (Wildman–Crippen MR) is 91.0 cm³/mol. The summed E-state index contributed by atoms with van der Waals surface area (Å²) in [6, 6.07) is 5.08. The van der Waals surface area contributed by atoms with E-state index in [-0.39, 0.29) is 0 Å². The van der Waals surface area contributed by atoms with Gasteiger partial charge in [-0.2, -0.15) is 0 Å². The van der Waals surface area contributed by atoms with E-state index in [2.05, 4.69) is 62.0 Å². The number of rotatable bonds is 5. The minimum absolute atomic E-state index is 0.444. The highest BCUT2D eigenvalue weighted by atomic mass is 15.3. The van der Waals surface area contributed by atoms with Gasteiger partial charge in [-0.15, -0.1) is 0 Å². The van der Waals surface area contributed by atoms with Crippen LogP contribution in [0.5, 0.6) is 0 Å². The molecule has 1 saturated heterocycles. The second-order valence-corrected chi connectivity index (χ2v) is 6.53. The fourth-order valence-corrected chi connectivity index (χ4v) is 3.53. The topological polar surface area (TPSA) is 18.5 Å². The fraction of sp³-hybridized carbons (Fsp3) is 0.667. The molecule has 1 aliphatic heterocycles. The van der Waals surface area contributed by atoms with Crippen LogP contribution in [-0.2, 0) is 0 Å². The third-order valence-electron chi connectivity index (χ3n) is 4.57. The standard InChI is InChI=1S/C18H31N3/c1-6-19-17(13-21-9-7-20(5)8-10-21)18-15(3)11-14(2)12-16(18)4/h11-12,17,19H,6-10,13H2,1-5H3. The molecular weight excluding hydrogens is 258 g/mol. The predicted octanol–water partition coefficient (Wildman–Crippen LogP) is 2.51. The van der Waals surface area contributed by atoms with Crippen molar-refractivity contribution in [1.82, 2.24) is 15.1 Å². The number of nitrogens with one attached hydrogen (secondary N) is 1. The molecule has 0 aliphatic carbocycles. The first-order chi connectivity index (χ1) is 10.0. The number of benzene rings is 1. The van der Waals surface area contributed by atoms with Crippen molar-refractivity contribution in [2.75, 3.05) is 46.3 Å². The minimum atomic E-state index is 0.444. The van der Waals surface area contributed by atoms with E-state index in [9.17, 15) is 0 Å². The Morgan fingerprint density at radius 3 is 2.14 bits per heavy atom. The third kappa shape index (κ3) is 4.29. The smallest absolute Gasteiger partial charge is 0.0454 e. The number of aryl methyl sites for hydroxylation is 3. The molecule has 0 saturated carbocycles. The molecule has 0 amide bonds. The largest absolute Gasteiger partial charge is 0.309 e. The highest BCUT2D eigenvalue weighted by Crippen LogP contribution is 2.24. The first kappa shape index (κ1) is 16.5. The van der Waals surface area contributed by atoms with Crippen LogP contribution in [0.3, 0.4) is 0 Å². The summed E-state index contributed by atoms with van der Waals surface area (Å²) >= 11 is 0. The van der Waals surface area contributed by atoms with Gasteiger partial charge < -0.3 is 10.2 Å². The molecule has 1 fully saturated rings. The highest BCUT2D eigenvalue weighted by molar-refractivity contribution is 5.39. The molecule has 1 atom stereocenters. The van der Waals surface area contributed by atoms with Gasteiger partial charge in [0.25, 0.3) is 0 Å². The maximum Gasteiger partial charge on any atom is 0.0454 e. The van der Waals surface area contributed by atoms with Gasteiger partial charge in [0.15, 0.2) is 0 Å². The van der Waals surface area contributed by atoms with Gasteiger partial charge in [0.1, 0.15) is 0 Å². The van der Waals surface area contributed by atoms with E-state index < -0.39 is 0 Å². The summed E-state index contributed by atoms with van der Waals surface area (Å²) in [5, 5.41) is 3.70. The summed E-state index contributed by atoms with van der Waals surface area (Å²) in [7, 11) is 2.22. The van der Waals surface area contributed by atoms with Crippen LogP contribution >= 0.6 is 0 Å². The van der Waals surface area contributed by atoms with Crippen molar-refractivity contribution < 1.29 is 0 Å². The molecule has 0 spiro atoms. The Morgan fingerprint density at radius 2 is 1.62 bits per heavy atom. The van der Waals surface area contributed by atoms with Crippen LogP contribution in [0.2, 0.25) is 0 Å². The van der Waals surface area contributed by atoms with E-state index in [1.165, 1.54) is 48.4 Å². The second kappa shape index (κ2) is 7.39. The number of hydrogen-bond donors (Lipinski definition) is 1. The average Bonchev–Trinajstić information content (AvgIpc) is 2.40. The Bertz CT molecular complexity index is 439. The summed E-state index contributed by atoms with van der Waals surface area (Å²) < 4.78 is 0. The van der Waals surface area contributed by atoms with Crippen LogP contribution in [0.4, 0.5) is 0 Å². The SMILES string of the molecule is CCNC(CN1CCN(C)CC1)c1c(C)cc(C)cc1C. The molecule has 1 aromatic carbocycles. The Kier molecular flexibility index (Phi) is 5.80. The lowest BCUT2D eigenvalue weighted by Crippen LogP contribution is -2.47. The summed E-state index contributed by atoms with van der Waals surface area (Å²) in [4.78, 5) is 5.02. The number of nitrogens with zero attached hydrogens (tertiary/aromatic N) is 2. The van der Waals surface area contributed by atoms with E-state index in [0.29, 0.717) is 6.04 Å². The van der Waals surface area contributed by atoms with Crippen molar-refractivity contribution in [3.8, 4) is 0 Å². The zero-order valence-electron chi connectivity index (χ0n) is 14.4. The zero-order valence-corrected chi connectivity index (χ0v) is 14.4. The van der Waals surface area contributed by atoms with Crippen molar-refractivity contribution in [2.45, 2.75) is 33.7 Å². The van der Waals surface area contributed by atoms with Gasteiger partial charge in [-0.05, 0) is 51.1 Å². The molecule has 0 aromatic heterocycles. The van der Waals surface area contributed by atoms with E-state index in [0.717, 1.165) is 13.1 Å². The molecule has 1 aromatic rings. The van der Waals surface area contributed by atoms with Crippen molar-refractivity contribution in [3.05, 3.63) is 34.4 Å². The quantitative estimate of drug-likeness (QED) is 0.898. The van der Waals surface area contributed by atoms with E-state index in [1.54, 1.807) is 0 Å². The second-order valence-electron chi connectivity index (χ2n) is 6.53. The maximum atomic E-state index is 3.70. The first-order valence-electron chi connectivity index (χ1n) is 8.23. The lowest BCUT2D eigenvalue weighted by atomic mass is 9.93. The van der Waals surface area contributed by atoms with Gasteiger partial charge in [0.05, 0.1) is 0 Å². The van der Waals surface area contributed by atoms with Crippen molar-refractivity contribution in [3.63, 3.8) is 0 Å². The molecule has 1 aliphatic rings. The van der Waals surface area contributed by atoms with E-state index >= 15 is 0 Å². The number of likely N-dealkylation sites (N-methyl/N-ethyl adjacent to an activating group) is 2. The van der Waals surface area contributed by atoms with Gasteiger partial charge >= 0.3 is 0 Å². The van der Waals surface area contributed by atoms with Gasteiger partial charge in [-0.25, -0.2) is 0 Å². The molecule has 118 valence electrons. The fourth-order valence-electron chi connectivity index (χ4n) is 3.53.